The van der Waals surface area contributed by atoms with Crippen LogP contribution in [0, 0.1) is 6.92 Å². The molecule has 1 heterocycles. The molecule has 0 radical (unpaired) electrons. The summed E-state index contributed by atoms with van der Waals surface area (Å²) in [6, 6.07) is 17.3. The molecule has 0 aliphatic carbocycles. The van der Waals surface area contributed by atoms with Crippen LogP contribution >= 0.6 is 39.3 Å². The smallest absolute Gasteiger partial charge is 0.343 e. The van der Waals surface area contributed by atoms with Crippen LogP contribution in [0.1, 0.15) is 27.0 Å². The minimum atomic E-state index is -0.578. The van der Waals surface area contributed by atoms with Gasteiger partial charge in [0.05, 0.1) is 28.6 Å². The molecule has 0 atom stereocenters. The van der Waals surface area contributed by atoms with E-state index in [4.69, 9.17) is 21.1 Å². The number of carbonyl (C=O) groups is 3. The zero-order valence-electron chi connectivity index (χ0n) is 18.7. The van der Waals surface area contributed by atoms with E-state index in [0.29, 0.717) is 25.5 Å². The molecule has 1 aliphatic heterocycles. The van der Waals surface area contributed by atoms with Crippen molar-refractivity contribution in [3.8, 4) is 11.5 Å². The topological polar surface area (TPSA) is 72.9 Å². The average Bonchev–Trinajstić information content (AvgIpc) is 3.09. The molecule has 2 amide bonds. The second kappa shape index (κ2) is 10.7. The highest BCUT2D eigenvalue weighted by molar-refractivity contribution is 9.10. The number of nitrogens with zero attached hydrogens (tertiary/aromatic N) is 1. The number of hydrogen-bond acceptors (Lipinski definition) is 6. The fourth-order valence-electron chi connectivity index (χ4n) is 3.41. The Morgan fingerprint density at radius 2 is 1.83 bits per heavy atom. The van der Waals surface area contributed by atoms with Crippen LogP contribution in [0.3, 0.4) is 0 Å². The van der Waals surface area contributed by atoms with Crippen molar-refractivity contribution in [2.24, 2.45) is 0 Å². The molecule has 9 heteroatoms. The van der Waals surface area contributed by atoms with E-state index in [2.05, 4.69) is 15.9 Å². The quantitative estimate of drug-likeness (QED) is 0.182. The zero-order valence-corrected chi connectivity index (χ0v) is 21.9. The highest BCUT2D eigenvalue weighted by Crippen LogP contribution is 2.40. The van der Waals surface area contributed by atoms with E-state index in [-0.39, 0.29) is 29.2 Å². The Balaban J connectivity index is 1.57. The van der Waals surface area contributed by atoms with E-state index in [1.165, 1.54) is 12.0 Å². The standard InChI is InChI=1S/C26H19BrClNO5S/c1-15-5-3-4-6-18(15)14-29-24(30)22(35-26(29)32)13-16-11-20(27)23(21(12-16)33-2)34-25(31)17-7-9-19(28)10-8-17/h3-13H,14H2,1-2H3/b22-13-. The molecule has 3 aromatic rings. The number of amides is 2. The molecule has 178 valence electrons. The Morgan fingerprint density at radius 1 is 1.11 bits per heavy atom. The monoisotopic (exact) mass is 571 g/mol. The number of hydrogen-bond donors (Lipinski definition) is 0. The Morgan fingerprint density at radius 3 is 2.51 bits per heavy atom. The van der Waals surface area contributed by atoms with E-state index >= 15 is 0 Å². The number of thioether (sulfide) groups is 1. The lowest BCUT2D eigenvalue weighted by Crippen LogP contribution is -2.27. The van der Waals surface area contributed by atoms with Gasteiger partial charge < -0.3 is 9.47 Å². The summed E-state index contributed by atoms with van der Waals surface area (Å²) < 4.78 is 11.4. The Bertz CT molecular complexity index is 1360. The molecule has 3 aromatic carbocycles. The van der Waals surface area contributed by atoms with E-state index in [1.807, 2.05) is 31.2 Å². The number of carbonyl (C=O) groups excluding carboxylic acids is 3. The third-order valence-electron chi connectivity index (χ3n) is 5.29. The van der Waals surface area contributed by atoms with Crippen molar-refractivity contribution in [2.75, 3.05) is 7.11 Å². The predicted octanol–water partition coefficient (Wildman–Crippen LogP) is 6.88. The number of rotatable bonds is 6. The molecular formula is C26H19BrClNO5S. The zero-order chi connectivity index (χ0) is 25.1. The lowest BCUT2D eigenvalue weighted by Gasteiger charge is -2.14. The van der Waals surface area contributed by atoms with Crippen molar-refractivity contribution in [3.05, 3.63) is 97.3 Å². The Hall–Kier alpha value is -3.07. The molecule has 0 N–H and O–H groups in total. The number of ether oxygens (including phenoxy) is 2. The first-order chi connectivity index (χ1) is 16.8. The van der Waals surface area contributed by atoms with Crippen LogP contribution in [0.25, 0.3) is 6.08 Å². The number of esters is 1. The molecule has 0 spiro atoms. The number of methoxy groups -OCH3 is 1. The average molecular weight is 573 g/mol. The second-order valence-corrected chi connectivity index (χ2v) is 9.91. The number of halogens is 2. The van der Waals surface area contributed by atoms with Gasteiger partial charge in [-0.05, 0) is 93.8 Å². The molecule has 1 saturated heterocycles. The minimum Gasteiger partial charge on any atom is -0.493 e. The fraction of sp³-hybridized carbons (Fsp3) is 0.115. The van der Waals surface area contributed by atoms with Crippen molar-refractivity contribution in [1.82, 2.24) is 4.90 Å². The largest absolute Gasteiger partial charge is 0.493 e. The van der Waals surface area contributed by atoms with Gasteiger partial charge >= 0.3 is 5.97 Å². The summed E-state index contributed by atoms with van der Waals surface area (Å²) in [5, 5.41) is 0.178. The molecule has 0 unspecified atom stereocenters. The molecule has 1 aliphatic rings. The first-order valence-corrected chi connectivity index (χ1v) is 12.4. The minimum absolute atomic E-state index is 0.192. The number of aryl methyl sites for hydroxylation is 1. The second-order valence-electron chi connectivity index (χ2n) is 7.62. The van der Waals surface area contributed by atoms with Crippen molar-refractivity contribution in [3.63, 3.8) is 0 Å². The van der Waals surface area contributed by atoms with Gasteiger partial charge in [0.1, 0.15) is 0 Å². The van der Waals surface area contributed by atoms with E-state index in [9.17, 15) is 14.4 Å². The highest BCUT2D eigenvalue weighted by atomic mass is 79.9. The van der Waals surface area contributed by atoms with Gasteiger partial charge in [0.15, 0.2) is 11.5 Å². The van der Waals surface area contributed by atoms with E-state index in [1.54, 1.807) is 42.5 Å². The van der Waals surface area contributed by atoms with E-state index in [0.717, 1.165) is 22.9 Å². The predicted molar refractivity (Wildman–Crippen MR) is 140 cm³/mol. The SMILES string of the molecule is COc1cc(/C=C2\SC(=O)N(Cc3ccccc3C)C2=O)cc(Br)c1OC(=O)c1ccc(Cl)cc1. The van der Waals surface area contributed by atoms with Crippen molar-refractivity contribution < 1.29 is 23.9 Å². The van der Waals surface area contributed by atoms with Gasteiger partial charge in [-0.1, -0.05) is 35.9 Å². The first kappa shape index (κ1) is 25.0. The lowest BCUT2D eigenvalue weighted by molar-refractivity contribution is -0.123. The Kier molecular flexibility index (Phi) is 7.64. The molecule has 0 saturated carbocycles. The third-order valence-corrected chi connectivity index (χ3v) is 7.04. The van der Waals surface area contributed by atoms with Crippen molar-refractivity contribution in [2.45, 2.75) is 13.5 Å². The number of imide groups is 1. The van der Waals surface area contributed by atoms with Crippen molar-refractivity contribution >= 4 is 62.5 Å². The summed E-state index contributed by atoms with van der Waals surface area (Å²) in [4.78, 5) is 39.6. The summed E-state index contributed by atoms with van der Waals surface area (Å²) in [6.45, 7) is 2.15. The normalized spacial score (nSPS) is 14.5. The Labute approximate surface area is 220 Å². The third kappa shape index (κ3) is 5.61. The molecule has 0 aromatic heterocycles. The summed E-state index contributed by atoms with van der Waals surface area (Å²) in [6.07, 6.45) is 1.61. The maximum Gasteiger partial charge on any atom is 0.343 e. The van der Waals surface area contributed by atoms with Gasteiger partial charge in [-0.3, -0.25) is 14.5 Å². The molecule has 6 nitrogen and oxygen atoms in total. The maximum atomic E-state index is 13.0. The molecule has 4 rings (SSSR count). The molecule has 0 bridgehead atoms. The van der Waals surface area contributed by atoms with E-state index < -0.39 is 5.97 Å². The first-order valence-electron chi connectivity index (χ1n) is 10.4. The van der Waals surface area contributed by atoms with Gasteiger partial charge in [0.2, 0.25) is 0 Å². The van der Waals surface area contributed by atoms with Crippen LogP contribution in [-0.2, 0) is 11.3 Å². The van der Waals surface area contributed by atoms with Gasteiger partial charge in [-0.2, -0.15) is 0 Å². The lowest BCUT2D eigenvalue weighted by atomic mass is 10.1. The molecule has 1 fully saturated rings. The van der Waals surface area contributed by atoms with Crippen LogP contribution in [0.4, 0.5) is 4.79 Å². The van der Waals surface area contributed by atoms with Gasteiger partial charge in [0.25, 0.3) is 11.1 Å². The summed E-state index contributed by atoms with van der Waals surface area (Å²) in [5.41, 5.74) is 2.84. The van der Waals surface area contributed by atoms with Gasteiger partial charge in [0, 0.05) is 5.02 Å². The van der Waals surface area contributed by atoms with Crippen LogP contribution < -0.4 is 9.47 Å². The molecular weight excluding hydrogens is 554 g/mol. The van der Waals surface area contributed by atoms with Crippen LogP contribution in [0.5, 0.6) is 11.5 Å². The summed E-state index contributed by atoms with van der Waals surface area (Å²) in [7, 11) is 1.45. The van der Waals surface area contributed by atoms with Gasteiger partial charge in [-0.15, -0.1) is 0 Å². The summed E-state index contributed by atoms with van der Waals surface area (Å²) >= 11 is 10.2. The summed E-state index contributed by atoms with van der Waals surface area (Å²) in [5.74, 6) is -0.466. The van der Waals surface area contributed by atoms with Crippen molar-refractivity contribution in [1.29, 1.82) is 0 Å². The molecule has 35 heavy (non-hydrogen) atoms. The number of benzene rings is 3. The highest BCUT2D eigenvalue weighted by Gasteiger charge is 2.35. The van der Waals surface area contributed by atoms with Crippen LogP contribution in [0.15, 0.2) is 70.0 Å². The fourth-order valence-corrected chi connectivity index (χ4v) is 4.91. The van der Waals surface area contributed by atoms with Gasteiger partial charge in [-0.25, -0.2) is 4.79 Å². The maximum absolute atomic E-state index is 13.0. The van der Waals surface area contributed by atoms with Crippen LogP contribution in [-0.4, -0.2) is 29.1 Å². The van der Waals surface area contributed by atoms with Crippen LogP contribution in [0.2, 0.25) is 5.02 Å².